The summed E-state index contributed by atoms with van der Waals surface area (Å²) >= 11 is 0. The third kappa shape index (κ3) is 4.24. The molecule has 19 heavy (non-hydrogen) atoms. The van der Waals surface area contributed by atoms with E-state index in [2.05, 4.69) is 18.3 Å². The summed E-state index contributed by atoms with van der Waals surface area (Å²) in [5.74, 6) is -0.266. The van der Waals surface area contributed by atoms with E-state index in [-0.39, 0.29) is 18.6 Å². The maximum atomic E-state index is 11.8. The maximum absolute atomic E-state index is 11.8. The molecule has 0 heterocycles. The molecule has 4 nitrogen and oxygen atoms in total. The quantitative estimate of drug-likeness (QED) is 0.634. The van der Waals surface area contributed by atoms with Crippen molar-refractivity contribution in [1.29, 1.82) is 0 Å². The van der Waals surface area contributed by atoms with Crippen LogP contribution in [0.5, 0.6) is 0 Å². The van der Waals surface area contributed by atoms with Crippen molar-refractivity contribution in [3.05, 3.63) is 28.8 Å². The first-order chi connectivity index (χ1) is 8.97. The standard InChI is InChI=1S/C15H23NO3/c1-10-6-7-11(2)14(12(10)3)16-13(4)15(17)19-9-8-18-5/h6-7,13,16H,8-9H2,1-5H3/t13-/m0/s1. The number of methoxy groups -OCH3 is 1. The minimum Gasteiger partial charge on any atom is -0.462 e. The number of carbonyl (C=O) groups is 1. The fourth-order valence-electron chi connectivity index (χ4n) is 1.80. The van der Waals surface area contributed by atoms with Crippen LogP contribution in [0.25, 0.3) is 0 Å². The van der Waals surface area contributed by atoms with Gasteiger partial charge in [-0.2, -0.15) is 0 Å². The molecule has 0 aromatic heterocycles. The molecule has 0 aliphatic rings. The zero-order valence-electron chi connectivity index (χ0n) is 12.4. The van der Waals surface area contributed by atoms with E-state index in [0.29, 0.717) is 6.61 Å². The van der Waals surface area contributed by atoms with E-state index in [1.54, 1.807) is 14.0 Å². The second-order valence-corrected chi connectivity index (χ2v) is 4.73. The summed E-state index contributed by atoms with van der Waals surface area (Å²) in [6.45, 7) is 8.64. The van der Waals surface area contributed by atoms with E-state index in [4.69, 9.17) is 9.47 Å². The van der Waals surface area contributed by atoms with Gasteiger partial charge in [0.2, 0.25) is 0 Å². The zero-order valence-corrected chi connectivity index (χ0v) is 12.4. The number of benzene rings is 1. The summed E-state index contributed by atoms with van der Waals surface area (Å²) in [7, 11) is 1.58. The van der Waals surface area contributed by atoms with Gasteiger partial charge in [-0.05, 0) is 44.4 Å². The number of esters is 1. The SMILES string of the molecule is COCCOC(=O)[C@H](C)Nc1c(C)ccc(C)c1C. The van der Waals surface area contributed by atoms with Crippen LogP contribution < -0.4 is 5.32 Å². The number of anilines is 1. The van der Waals surface area contributed by atoms with E-state index < -0.39 is 0 Å². The van der Waals surface area contributed by atoms with Crippen LogP contribution in [0, 0.1) is 20.8 Å². The van der Waals surface area contributed by atoms with Crippen molar-refractivity contribution in [3.8, 4) is 0 Å². The van der Waals surface area contributed by atoms with Crippen molar-refractivity contribution >= 4 is 11.7 Å². The summed E-state index contributed by atoms with van der Waals surface area (Å²) in [6.07, 6.45) is 0. The average Bonchev–Trinajstić information content (AvgIpc) is 2.39. The molecule has 106 valence electrons. The number of nitrogens with one attached hydrogen (secondary N) is 1. The highest BCUT2D eigenvalue weighted by molar-refractivity contribution is 5.79. The Labute approximate surface area is 115 Å². The number of ether oxygens (including phenoxy) is 2. The van der Waals surface area contributed by atoms with Gasteiger partial charge in [0.1, 0.15) is 12.6 Å². The van der Waals surface area contributed by atoms with Crippen molar-refractivity contribution < 1.29 is 14.3 Å². The Morgan fingerprint density at radius 2 is 1.84 bits per heavy atom. The minimum atomic E-state index is -0.379. The van der Waals surface area contributed by atoms with Crippen molar-refractivity contribution in [1.82, 2.24) is 0 Å². The number of aryl methyl sites for hydroxylation is 2. The number of carbonyl (C=O) groups excluding carboxylic acids is 1. The smallest absolute Gasteiger partial charge is 0.328 e. The van der Waals surface area contributed by atoms with Crippen LogP contribution in [0.3, 0.4) is 0 Å². The van der Waals surface area contributed by atoms with Gasteiger partial charge in [0.05, 0.1) is 6.61 Å². The summed E-state index contributed by atoms with van der Waals surface area (Å²) in [5.41, 5.74) is 4.50. The van der Waals surface area contributed by atoms with Gasteiger partial charge in [-0.15, -0.1) is 0 Å². The molecule has 0 bridgehead atoms. The van der Waals surface area contributed by atoms with E-state index in [1.165, 1.54) is 5.56 Å². The van der Waals surface area contributed by atoms with Crippen LogP contribution in [-0.2, 0) is 14.3 Å². The minimum absolute atomic E-state index is 0.266. The van der Waals surface area contributed by atoms with E-state index >= 15 is 0 Å². The van der Waals surface area contributed by atoms with E-state index in [0.717, 1.165) is 16.8 Å². The van der Waals surface area contributed by atoms with Crippen LogP contribution in [0.1, 0.15) is 23.6 Å². The van der Waals surface area contributed by atoms with Crippen LogP contribution in [-0.4, -0.2) is 32.3 Å². The van der Waals surface area contributed by atoms with Gasteiger partial charge in [0, 0.05) is 12.8 Å². The summed E-state index contributed by atoms with van der Waals surface area (Å²) < 4.78 is 9.95. The monoisotopic (exact) mass is 265 g/mol. The Hall–Kier alpha value is -1.55. The molecule has 0 spiro atoms. The highest BCUT2D eigenvalue weighted by Crippen LogP contribution is 2.23. The molecule has 0 fully saturated rings. The Morgan fingerprint density at radius 3 is 2.47 bits per heavy atom. The Kier molecular flexibility index (Phi) is 5.83. The van der Waals surface area contributed by atoms with E-state index in [1.807, 2.05) is 19.9 Å². The first-order valence-electron chi connectivity index (χ1n) is 6.46. The summed E-state index contributed by atoms with van der Waals surface area (Å²) in [6, 6.07) is 3.75. The average molecular weight is 265 g/mol. The topological polar surface area (TPSA) is 47.6 Å². The second kappa shape index (κ2) is 7.14. The second-order valence-electron chi connectivity index (χ2n) is 4.73. The number of hydrogen-bond acceptors (Lipinski definition) is 4. The highest BCUT2D eigenvalue weighted by Gasteiger charge is 2.16. The van der Waals surface area contributed by atoms with Gasteiger partial charge in [-0.1, -0.05) is 12.1 Å². The molecule has 0 aliphatic heterocycles. The predicted octanol–water partition coefficient (Wildman–Crippen LogP) is 2.60. The molecule has 1 aromatic carbocycles. The largest absolute Gasteiger partial charge is 0.462 e. The van der Waals surface area contributed by atoms with Crippen molar-refractivity contribution in [3.63, 3.8) is 0 Å². The molecule has 1 atom stereocenters. The van der Waals surface area contributed by atoms with Crippen LogP contribution in [0.2, 0.25) is 0 Å². The summed E-state index contributed by atoms with van der Waals surface area (Å²) in [4.78, 5) is 11.8. The van der Waals surface area contributed by atoms with Crippen molar-refractivity contribution in [2.24, 2.45) is 0 Å². The molecule has 1 rings (SSSR count). The van der Waals surface area contributed by atoms with Crippen LogP contribution in [0.15, 0.2) is 12.1 Å². The Bertz CT molecular complexity index is 443. The molecule has 0 saturated heterocycles. The first kappa shape index (κ1) is 15.5. The molecule has 0 unspecified atom stereocenters. The van der Waals surface area contributed by atoms with E-state index in [9.17, 15) is 4.79 Å². The molecule has 1 aromatic rings. The van der Waals surface area contributed by atoms with Crippen LogP contribution >= 0.6 is 0 Å². The zero-order chi connectivity index (χ0) is 14.4. The predicted molar refractivity (Wildman–Crippen MR) is 76.6 cm³/mol. The third-order valence-electron chi connectivity index (χ3n) is 3.19. The van der Waals surface area contributed by atoms with Crippen molar-refractivity contribution in [2.45, 2.75) is 33.7 Å². The summed E-state index contributed by atoms with van der Waals surface area (Å²) in [5, 5.41) is 3.23. The van der Waals surface area contributed by atoms with Gasteiger partial charge < -0.3 is 14.8 Å². The lowest BCUT2D eigenvalue weighted by Gasteiger charge is -2.19. The van der Waals surface area contributed by atoms with Gasteiger partial charge in [-0.25, -0.2) is 4.79 Å². The lowest BCUT2D eigenvalue weighted by molar-refractivity contribution is -0.145. The number of rotatable bonds is 6. The maximum Gasteiger partial charge on any atom is 0.328 e. The molecule has 0 aliphatic carbocycles. The fraction of sp³-hybridized carbons (Fsp3) is 0.533. The molecule has 0 amide bonds. The highest BCUT2D eigenvalue weighted by atomic mass is 16.6. The molecular formula is C15H23NO3. The lowest BCUT2D eigenvalue weighted by atomic mass is 10.0. The van der Waals surface area contributed by atoms with Gasteiger partial charge in [-0.3, -0.25) is 0 Å². The van der Waals surface area contributed by atoms with Crippen molar-refractivity contribution in [2.75, 3.05) is 25.6 Å². The molecule has 4 heteroatoms. The Balaban J connectivity index is 2.69. The third-order valence-corrected chi connectivity index (χ3v) is 3.19. The van der Waals surface area contributed by atoms with Gasteiger partial charge in [0.15, 0.2) is 0 Å². The Morgan fingerprint density at radius 1 is 1.21 bits per heavy atom. The normalized spacial score (nSPS) is 12.1. The molecule has 0 saturated carbocycles. The van der Waals surface area contributed by atoms with Gasteiger partial charge >= 0.3 is 5.97 Å². The lowest BCUT2D eigenvalue weighted by Crippen LogP contribution is -2.29. The van der Waals surface area contributed by atoms with Crippen LogP contribution in [0.4, 0.5) is 5.69 Å². The van der Waals surface area contributed by atoms with Gasteiger partial charge in [0.25, 0.3) is 0 Å². The number of hydrogen-bond donors (Lipinski definition) is 1. The molecular weight excluding hydrogens is 242 g/mol. The molecule has 1 N–H and O–H groups in total. The first-order valence-corrected chi connectivity index (χ1v) is 6.46. The molecule has 0 radical (unpaired) electrons. The fourth-order valence-corrected chi connectivity index (χ4v) is 1.80.